The van der Waals surface area contributed by atoms with Crippen molar-refractivity contribution < 1.29 is 13.7 Å². The minimum Gasteiger partial charge on any atom is -0.467 e. The highest BCUT2D eigenvalue weighted by Crippen LogP contribution is 2.20. The summed E-state index contributed by atoms with van der Waals surface area (Å²) in [6.07, 6.45) is 4.24. The molecule has 2 aromatic heterocycles. The van der Waals surface area contributed by atoms with Gasteiger partial charge in [0.25, 0.3) is 0 Å². The van der Waals surface area contributed by atoms with Gasteiger partial charge < -0.3 is 14.3 Å². The third kappa shape index (κ3) is 4.23. The molecule has 0 radical (unpaired) electrons. The zero-order valence-corrected chi connectivity index (χ0v) is 14.2. The molecule has 24 heavy (non-hydrogen) atoms. The van der Waals surface area contributed by atoms with Crippen molar-refractivity contribution in [3.8, 4) is 0 Å². The molecule has 1 atom stereocenters. The highest BCUT2D eigenvalue weighted by atomic mass is 16.5. The summed E-state index contributed by atoms with van der Waals surface area (Å²) in [4.78, 5) is 19.0. The van der Waals surface area contributed by atoms with Crippen LogP contribution in [0.25, 0.3) is 0 Å². The first-order valence-corrected chi connectivity index (χ1v) is 8.47. The normalized spacial score (nSPS) is 18.4. The zero-order chi connectivity index (χ0) is 16.9. The van der Waals surface area contributed by atoms with Gasteiger partial charge in [-0.1, -0.05) is 19.0 Å². The van der Waals surface area contributed by atoms with Gasteiger partial charge in [-0.2, -0.15) is 4.98 Å². The number of hydrogen-bond donors (Lipinski definition) is 1. The van der Waals surface area contributed by atoms with Crippen LogP contribution in [0.1, 0.15) is 44.2 Å². The van der Waals surface area contributed by atoms with Gasteiger partial charge in [0.05, 0.1) is 25.4 Å². The Morgan fingerprint density at radius 1 is 1.50 bits per heavy atom. The SMILES string of the molecule is CC(C)Cc1noc(CN2CCC[C@@H]2C(=O)NCc2ccco2)n1. The molecule has 0 aliphatic carbocycles. The molecule has 3 heterocycles. The fourth-order valence-electron chi connectivity index (χ4n) is 2.99. The Hall–Kier alpha value is -2.15. The molecular weight excluding hydrogens is 308 g/mol. The molecule has 2 aromatic rings. The van der Waals surface area contributed by atoms with Gasteiger partial charge in [-0.15, -0.1) is 0 Å². The Morgan fingerprint density at radius 2 is 2.38 bits per heavy atom. The highest BCUT2D eigenvalue weighted by Gasteiger charge is 2.31. The van der Waals surface area contributed by atoms with Crippen molar-refractivity contribution in [1.82, 2.24) is 20.4 Å². The zero-order valence-electron chi connectivity index (χ0n) is 14.2. The second-order valence-electron chi connectivity index (χ2n) is 6.63. The van der Waals surface area contributed by atoms with E-state index in [9.17, 15) is 4.79 Å². The van der Waals surface area contributed by atoms with Crippen LogP contribution in [-0.2, 0) is 24.3 Å². The third-order valence-electron chi connectivity index (χ3n) is 4.12. The summed E-state index contributed by atoms with van der Waals surface area (Å²) in [5, 5.41) is 6.95. The van der Waals surface area contributed by atoms with Crippen LogP contribution in [0.4, 0.5) is 0 Å². The van der Waals surface area contributed by atoms with Gasteiger partial charge in [0.1, 0.15) is 5.76 Å². The maximum Gasteiger partial charge on any atom is 0.240 e. The molecule has 7 heteroatoms. The number of nitrogens with one attached hydrogen (secondary N) is 1. The van der Waals surface area contributed by atoms with Crippen LogP contribution in [-0.4, -0.2) is 33.5 Å². The second-order valence-corrected chi connectivity index (χ2v) is 6.63. The number of nitrogens with zero attached hydrogens (tertiary/aromatic N) is 3. The average molecular weight is 332 g/mol. The van der Waals surface area contributed by atoms with Crippen LogP contribution in [0.3, 0.4) is 0 Å². The first kappa shape index (κ1) is 16.7. The van der Waals surface area contributed by atoms with Gasteiger partial charge >= 0.3 is 0 Å². The van der Waals surface area contributed by atoms with Crippen molar-refractivity contribution in [2.75, 3.05) is 6.54 Å². The van der Waals surface area contributed by atoms with E-state index in [0.29, 0.717) is 24.9 Å². The van der Waals surface area contributed by atoms with E-state index in [1.54, 1.807) is 6.26 Å². The Bertz CT molecular complexity index is 651. The summed E-state index contributed by atoms with van der Waals surface area (Å²) in [5.41, 5.74) is 0. The van der Waals surface area contributed by atoms with E-state index in [1.165, 1.54) is 0 Å². The fraction of sp³-hybridized carbons (Fsp3) is 0.588. The minimum absolute atomic E-state index is 0.0193. The molecule has 3 rings (SSSR count). The number of carbonyl (C=O) groups excluding carboxylic acids is 1. The van der Waals surface area contributed by atoms with E-state index in [4.69, 9.17) is 8.94 Å². The molecule has 0 spiro atoms. The van der Waals surface area contributed by atoms with Gasteiger partial charge in [-0.25, -0.2) is 0 Å². The summed E-state index contributed by atoms with van der Waals surface area (Å²) < 4.78 is 10.6. The molecule has 1 aliphatic heterocycles. The molecule has 7 nitrogen and oxygen atoms in total. The van der Waals surface area contributed by atoms with Crippen LogP contribution in [0.5, 0.6) is 0 Å². The van der Waals surface area contributed by atoms with Gasteiger partial charge in [0, 0.05) is 6.42 Å². The topological polar surface area (TPSA) is 84.4 Å². The number of aromatic nitrogens is 2. The van der Waals surface area contributed by atoms with Crippen molar-refractivity contribution in [1.29, 1.82) is 0 Å². The van der Waals surface area contributed by atoms with Crippen LogP contribution in [0, 0.1) is 5.92 Å². The summed E-state index contributed by atoms with van der Waals surface area (Å²) in [5.74, 6) is 2.57. The predicted molar refractivity (Wildman–Crippen MR) is 86.8 cm³/mol. The summed E-state index contributed by atoms with van der Waals surface area (Å²) in [6, 6.07) is 3.51. The van der Waals surface area contributed by atoms with Crippen molar-refractivity contribution in [2.45, 2.75) is 52.2 Å². The number of carbonyl (C=O) groups is 1. The van der Waals surface area contributed by atoms with Crippen LogP contribution < -0.4 is 5.32 Å². The molecule has 0 saturated carbocycles. The van der Waals surface area contributed by atoms with E-state index in [1.807, 2.05) is 12.1 Å². The van der Waals surface area contributed by atoms with Crippen molar-refractivity contribution >= 4 is 5.91 Å². The lowest BCUT2D eigenvalue weighted by Gasteiger charge is -2.21. The highest BCUT2D eigenvalue weighted by molar-refractivity contribution is 5.81. The molecule has 1 fully saturated rings. The lowest BCUT2D eigenvalue weighted by atomic mass is 10.1. The monoisotopic (exact) mass is 332 g/mol. The minimum atomic E-state index is -0.152. The fourth-order valence-corrected chi connectivity index (χ4v) is 2.99. The summed E-state index contributed by atoms with van der Waals surface area (Å²) >= 11 is 0. The van der Waals surface area contributed by atoms with Gasteiger partial charge in [-0.3, -0.25) is 9.69 Å². The van der Waals surface area contributed by atoms with Gasteiger partial charge in [-0.05, 0) is 37.4 Å². The van der Waals surface area contributed by atoms with Crippen molar-refractivity contribution in [3.63, 3.8) is 0 Å². The van der Waals surface area contributed by atoms with Crippen LogP contribution in [0.15, 0.2) is 27.3 Å². The summed E-state index contributed by atoms with van der Waals surface area (Å²) in [6.45, 7) is 6.03. The van der Waals surface area contributed by atoms with Gasteiger partial charge in [0.2, 0.25) is 11.8 Å². The molecule has 1 aliphatic rings. The maximum atomic E-state index is 12.4. The third-order valence-corrected chi connectivity index (χ3v) is 4.12. The smallest absolute Gasteiger partial charge is 0.240 e. The lowest BCUT2D eigenvalue weighted by Crippen LogP contribution is -2.42. The molecule has 130 valence electrons. The lowest BCUT2D eigenvalue weighted by molar-refractivity contribution is -0.126. The Kier molecular flexibility index (Phi) is 5.30. The number of amides is 1. The molecule has 1 amide bonds. The van der Waals surface area contributed by atoms with E-state index in [-0.39, 0.29) is 11.9 Å². The largest absolute Gasteiger partial charge is 0.467 e. The number of likely N-dealkylation sites (tertiary alicyclic amines) is 1. The summed E-state index contributed by atoms with van der Waals surface area (Å²) in [7, 11) is 0. The molecule has 1 N–H and O–H groups in total. The Balaban J connectivity index is 1.54. The maximum absolute atomic E-state index is 12.4. The predicted octanol–water partition coefficient (Wildman–Crippen LogP) is 2.14. The van der Waals surface area contributed by atoms with E-state index in [0.717, 1.165) is 37.4 Å². The second kappa shape index (κ2) is 7.61. The number of hydrogen-bond acceptors (Lipinski definition) is 6. The van der Waals surface area contributed by atoms with Crippen LogP contribution in [0.2, 0.25) is 0 Å². The molecule has 0 bridgehead atoms. The van der Waals surface area contributed by atoms with E-state index < -0.39 is 0 Å². The van der Waals surface area contributed by atoms with Gasteiger partial charge in [0.15, 0.2) is 5.82 Å². The first-order chi connectivity index (χ1) is 11.6. The Labute approximate surface area is 141 Å². The van der Waals surface area contributed by atoms with Crippen molar-refractivity contribution in [3.05, 3.63) is 35.9 Å². The standard InChI is InChI=1S/C17H24N4O3/c1-12(2)9-15-19-16(24-20-15)11-21-7-3-6-14(21)17(22)18-10-13-5-4-8-23-13/h4-5,8,12,14H,3,6-7,9-11H2,1-2H3,(H,18,22)/t14-/m1/s1. The van der Waals surface area contributed by atoms with E-state index in [2.05, 4.69) is 34.2 Å². The van der Waals surface area contributed by atoms with Crippen molar-refractivity contribution in [2.24, 2.45) is 5.92 Å². The number of rotatable bonds is 7. The Morgan fingerprint density at radius 3 is 3.12 bits per heavy atom. The first-order valence-electron chi connectivity index (χ1n) is 8.47. The molecule has 0 aromatic carbocycles. The molecule has 1 saturated heterocycles. The quantitative estimate of drug-likeness (QED) is 0.836. The van der Waals surface area contributed by atoms with E-state index >= 15 is 0 Å². The van der Waals surface area contributed by atoms with Crippen LogP contribution >= 0.6 is 0 Å². The number of furan rings is 1. The average Bonchev–Trinajstić information content (AvgIpc) is 3.26. The molecule has 0 unspecified atom stereocenters. The molecular formula is C17H24N4O3.